The van der Waals surface area contributed by atoms with Gasteiger partial charge in [-0.05, 0) is 12.0 Å². The highest BCUT2D eigenvalue weighted by Gasteiger charge is 2.21. The highest BCUT2D eigenvalue weighted by molar-refractivity contribution is 5.76. The number of nitrogens with one attached hydrogen (secondary N) is 2. The van der Waals surface area contributed by atoms with Crippen molar-refractivity contribution in [2.75, 3.05) is 20.3 Å². The molecule has 18 heavy (non-hydrogen) atoms. The number of carbonyl (C=O) groups is 1. The second-order valence-electron chi connectivity index (χ2n) is 4.62. The quantitative estimate of drug-likeness (QED) is 0.824. The largest absolute Gasteiger partial charge is 0.383 e. The van der Waals surface area contributed by atoms with Gasteiger partial charge in [0, 0.05) is 26.1 Å². The molecule has 1 fully saturated rings. The molecule has 4 nitrogen and oxygen atoms in total. The van der Waals surface area contributed by atoms with Gasteiger partial charge in [-0.15, -0.1) is 0 Å². The maximum Gasteiger partial charge on any atom is 0.220 e. The molecule has 1 heterocycles. The third kappa shape index (κ3) is 3.55. The molecular formula is C14H20N2O2. The molecule has 1 aliphatic heterocycles. The van der Waals surface area contributed by atoms with Crippen molar-refractivity contribution in [2.45, 2.75) is 24.9 Å². The second kappa shape index (κ2) is 6.52. The minimum atomic E-state index is 0.149. The fourth-order valence-corrected chi connectivity index (χ4v) is 2.25. The van der Waals surface area contributed by atoms with Crippen LogP contribution in [-0.2, 0) is 9.53 Å². The molecule has 0 spiro atoms. The average molecular weight is 248 g/mol. The first kappa shape index (κ1) is 13.1. The lowest BCUT2D eigenvalue weighted by Crippen LogP contribution is -2.47. The third-order valence-corrected chi connectivity index (χ3v) is 3.24. The molecule has 1 amide bonds. The van der Waals surface area contributed by atoms with Gasteiger partial charge < -0.3 is 15.4 Å². The Bertz CT molecular complexity index is 371. The molecule has 1 aromatic rings. The van der Waals surface area contributed by atoms with E-state index >= 15 is 0 Å². The van der Waals surface area contributed by atoms with Crippen LogP contribution in [0.3, 0.4) is 0 Å². The number of hydrogen-bond acceptors (Lipinski definition) is 3. The summed E-state index contributed by atoms with van der Waals surface area (Å²) in [5.41, 5.74) is 1.22. The molecule has 1 saturated heterocycles. The van der Waals surface area contributed by atoms with Crippen LogP contribution in [0.1, 0.15) is 24.4 Å². The molecule has 0 radical (unpaired) electrons. The Morgan fingerprint density at radius 3 is 2.83 bits per heavy atom. The number of carbonyl (C=O) groups excluding carboxylic acids is 1. The third-order valence-electron chi connectivity index (χ3n) is 3.24. The van der Waals surface area contributed by atoms with Crippen LogP contribution in [0.4, 0.5) is 0 Å². The predicted octanol–water partition coefficient (Wildman–Crippen LogP) is 1.24. The number of amides is 1. The summed E-state index contributed by atoms with van der Waals surface area (Å²) < 4.78 is 5.27. The summed E-state index contributed by atoms with van der Waals surface area (Å²) in [7, 11) is 1.71. The van der Waals surface area contributed by atoms with Gasteiger partial charge in [-0.3, -0.25) is 4.79 Å². The summed E-state index contributed by atoms with van der Waals surface area (Å²) in [5, 5.41) is 6.44. The maximum absolute atomic E-state index is 11.1. The molecule has 0 aliphatic carbocycles. The Balaban J connectivity index is 1.96. The number of methoxy groups -OCH3 is 1. The van der Waals surface area contributed by atoms with Gasteiger partial charge in [0.25, 0.3) is 0 Å². The smallest absolute Gasteiger partial charge is 0.220 e. The number of piperidine rings is 1. The number of hydrogen-bond donors (Lipinski definition) is 2. The minimum absolute atomic E-state index is 0.149. The molecule has 2 unspecified atom stereocenters. The summed E-state index contributed by atoms with van der Waals surface area (Å²) >= 11 is 0. The van der Waals surface area contributed by atoms with E-state index in [0.29, 0.717) is 25.6 Å². The van der Waals surface area contributed by atoms with Crippen molar-refractivity contribution in [2.24, 2.45) is 0 Å². The molecule has 1 aromatic carbocycles. The highest BCUT2D eigenvalue weighted by Crippen LogP contribution is 2.15. The zero-order valence-corrected chi connectivity index (χ0v) is 10.7. The zero-order valence-electron chi connectivity index (χ0n) is 10.7. The van der Waals surface area contributed by atoms with Crippen molar-refractivity contribution in [1.29, 1.82) is 0 Å². The zero-order chi connectivity index (χ0) is 12.8. The second-order valence-corrected chi connectivity index (χ2v) is 4.62. The summed E-state index contributed by atoms with van der Waals surface area (Å²) in [6.07, 6.45) is 1.49. The number of ether oxygens (including phenoxy) is 1. The molecule has 1 aliphatic rings. The topological polar surface area (TPSA) is 50.4 Å². The maximum atomic E-state index is 11.1. The van der Waals surface area contributed by atoms with Gasteiger partial charge in [0.15, 0.2) is 0 Å². The van der Waals surface area contributed by atoms with Gasteiger partial charge in [0.2, 0.25) is 5.91 Å². The van der Waals surface area contributed by atoms with Gasteiger partial charge in [0.1, 0.15) is 0 Å². The number of rotatable bonds is 5. The first-order chi connectivity index (χ1) is 8.79. The molecule has 4 heteroatoms. The fraction of sp³-hybridized carbons (Fsp3) is 0.500. The monoisotopic (exact) mass is 248 g/mol. The van der Waals surface area contributed by atoms with Crippen molar-refractivity contribution in [3.8, 4) is 0 Å². The van der Waals surface area contributed by atoms with E-state index < -0.39 is 0 Å². The van der Waals surface area contributed by atoms with Crippen molar-refractivity contribution in [3.05, 3.63) is 35.9 Å². The average Bonchev–Trinajstić information content (AvgIpc) is 2.42. The summed E-state index contributed by atoms with van der Waals surface area (Å²) in [6, 6.07) is 10.8. The van der Waals surface area contributed by atoms with E-state index in [1.54, 1.807) is 7.11 Å². The van der Waals surface area contributed by atoms with E-state index in [0.717, 1.165) is 6.42 Å². The first-order valence-corrected chi connectivity index (χ1v) is 6.36. The van der Waals surface area contributed by atoms with Crippen LogP contribution in [-0.4, -0.2) is 32.2 Å². The van der Waals surface area contributed by atoms with Crippen LogP contribution < -0.4 is 10.6 Å². The van der Waals surface area contributed by atoms with E-state index in [4.69, 9.17) is 4.74 Å². The molecule has 2 rings (SSSR count). The van der Waals surface area contributed by atoms with Crippen LogP contribution >= 0.6 is 0 Å². The fourth-order valence-electron chi connectivity index (χ4n) is 2.25. The van der Waals surface area contributed by atoms with Crippen molar-refractivity contribution >= 4 is 5.91 Å². The van der Waals surface area contributed by atoms with Gasteiger partial charge in [-0.2, -0.15) is 0 Å². The lowest BCUT2D eigenvalue weighted by atomic mass is 10.0. The number of benzene rings is 1. The molecule has 2 atom stereocenters. The van der Waals surface area contributed by atoms with Gasteiger partial charge >= 0.3 is 0 Å². The van der Waals surface area contributed by atoms with E-state index in [-0.39, 0.29) is 11.9 Å². The molecule has 0 saturated carbocycles. The van der Waals surface area contributed by atoms with Crippen LogP contribution in [0.5, 0.6) is 0 Å². The van der Waals surface area contributed by atoms with Gasteiger partial charge in [-0.25, -0.2) is 0 Å². The Kier molecular flexibility index (Phi) is 4.73. The minimum Gasteiger partial charge on any atom is -0.383 e. The van der Waals surface area contributed by atoms with Crippen LogP contribution in [0, 0.1) is 0 Å². The van der Waals surface area contributed by atoms with E-state index in [1.807, 2.05) is 18.2 Å². The molecular weight excluding hydrogens is 228 g/mol. The highest BCUT2D eigenvalue weighted by atomic mass is 16.5. The standard InChI is InChI=1S/C14H20N2O2/c1-18-10-13(11-5-3-2-4-6-11)16-12-7-8-14(17)15-9-12/h2-6,12-13,16H,7-10H2,1H3,(H,15,17). The van der Waals surface area contributed by atoms with Crippen molar-refractivity contribution in [1.82, 2.24) is 10.6 Å². The Labute approximate surface area is 108 Å². The van der Waals surface area contributed by atoms with Crippen molar-refractivity contribution in [3.63, 3.8) is 0 Å². The summed E-state index contributed by atoms with van der Waals surface area (Å²) in [5.74, 6) is 0.149. The molecule has 2 N–H and O–H groups in total. The van der Waals surface area contributed by atoms with Gasteiger partial charge in [0.05, 0.1) is 12.6 Å². The lowest BCUT2D eigenvalue weighted by Gasteiger charge is -2.28. The van der Waals surface area contributed by atoms with Crippen molar-refractivity contribution < 1.29 is 9.53 Å². The Morgan fingerprint density at radius 2 is 2.22 bits per heavy atom. The first-order valence-electron chi connectivity index (χ1n) is 6.36. The molecule has 0 bridgehead atoms. The molecule has 0 aromatic heterocycles. The normalized spacial score (nSPS) is 21.4. The van der Waals surface area contributed by atoms with E-state index in [9.17, 15) is 4.79 Å². The van der Waals surface area contributed by atoms with Crippen LogP contribution in [0.15, 0.2) is 30.3 Å². The Hall–Kier alpha value is -1.39. The van der Waals surface area contributed by atoms with Gasteiger partial charge in [-0.1, -0.05) is 30.3 Å². The van der Waals surface area contributed by atoms with E-state index in [2.05, 4.69) is 22.8 Å². The Morgan fingerprint density at radius 1 is 1.44 bits per heavy atom. The summed E-state index contributed by atoms with van der Waals surface area (Å²) in [6.45, 7) is 1.33. The van der Waals surface area contributed by atoms with Crippen LogP contribution in [0.2, 0.25) is 0 Å². The van der Waals surface area contributed by atoms with Crippen LogP contribution in [0.25, 0.3) is 0 Å². The summed E-state index contributed by atoms with van der Waals surface area (Å²) in [4.78, 5) is 11.1. The SMILES string of the molecule is COCC(NC1CCC(=O)NC1)c1ccccc1. The van der Waals surface area contributed by atoms with E-state index in [1.165, 1.54) is 5.56 Å². The predicted molar refractivity (Wildman–Crippen MR) is 70.2 cm³/mol. The molecule has 98 valence electrons. The lowest BCUT2D eigenvalue weighted by molar-refractivity contribution is -0.122.